The fourth-order valence-corrected chi connectivity index (χ4v) is 3.65. The summed E-state index contributed by atoms with van der Waals surface area (Å²) >= 11 is 0. The summed E-state index contributed by atoms with van der Waals surface area (Å²) in [6.07, 6.45) is 5.17. The molecule has 0 aliphatic carbocycles. The molecule has 1 unspecified atom stereocenters. The van der Waals surface area contributed by atoms with E-state index in [1.165, 1.54) is 37.6 Å². The molecule has 2 N–H and O–H groups in total. The number of hydrogen-bond acceptors (Lipinski definition) is 5. The van der Waals surface area contributed by atoms with Gasteiger partial charge in [0.15, 0.2) is 0 Å². The molecule has 1 aliphatic rings. The number of anilines is 1. The first kappa shape index (κ1) is 16.2. The van der Waals surface area contributed by atoms with Gasteiger partial charge in [-0.15, -0.1) is 0 Å². The largest absolute Gasteiger partial charge is 0.373 e. The van der Waals surface area contributed by atoms with Crippen LogP contribution in [0.4, 0.5) is 5.82 Å². The number of nitrogens with one attached hydrogen (secondary N) is 2. The van der Waals surface area contributed by atoms with E-state index in [0.29, 0.717) is 12.4 Å². The van der Waals surface area contributed by atoms with Crippen LogP contribution in [0.15, 0.2) is 23.2 Å². The Morgan fingerprint density at radius 1 is 1.33 bits per heavy atom. The van der Waals surface area contributed by atoms with E-state index in [1.807, 2.05) is 0 Å². The van der Waals surface area contributed by atoms with Crippen LogP contribution in [-0.4, -0.2) is 51.0 Å². The molecule has 2 rings (SSSR count). The van der Waals surface area contributed by atoms with Crippen LogP contribution in [0.5, 0.6) is 0 Å². The molecule has 1 fully saturated rings. The lowest BCUT2D eigenvalue weighted by Gasteiger charge is -2.32. The first-order valence-electron chi connectivity index (χ1n) is 7.40. The zero-order valence-electron chi connectivity index (χ0n) is 12.7. The fourth-order valence-electron chi connectivity index (χ4n) is 2.52. The smallest absolute Gasteiger partial charge is 0.240 e. The minimum atomic E-state index is -3.48. The van der Waals surface area contributed by atoms with Gasteiger partial charge in [-0.05, 0) is 38.9 Å². The number of likely N-dealkylation sites (tertiary alicyclic amines) is 1. The molecular formula is C14H24N4O2S. The molecular weight excluding hydrogens is 288 g/mol. The van der Waals surface area contributed by atoms with Gasteiger partial charge in [0, 0.05) is 31.9 Å². The molecule has 0 amide bonds. The second kappa shape index (κ2) is 7.20. The van der Waals surface area contributed by atoms with Crippen LogP contribution in [0, 0.1) is 0 Å². The van der Waals surface area contributed by atoms with Crippen molar-refractivity contribution in [2.45, 2.75) is 37.1 Å². The molecule has 0 spiro atoms. The summed E-state index contributed by atoms with van der Waals surface area (Å²) in [5, 5.41) is 2.84. The van der Waals surface area contributed by atoms with Gasteiger partial charge in [0.05, 0.1) is 4.90 Å². The van der Waals surface area contributed by atoms with Gasteiger partial charge in [-0.2, -0.15) is 0 Å². The maximum absolute atomic E-state index is 12.3. The highest BCUT2D eigenvalue weighted by atomic mass is 32.2. The van der Waals surface area contributed by atoms with Gasteiger partial charge in [0.25, 0.3) is 0 Å². The summed E-state index contributed by atoms with van der Waals surface area (Å²) < 4.78 is 27.3. The highest BCUT2D eigenvalue weighted by molar-refractivity contribution is 7.89. The summed E-state index contributed by atoms with van der Waals surface area (Å²) in [7, 11) is -1.77. The zero-order chi connectivity index (χ0) is 15.3. The van der Waals surface area contributed by atoms with Crippen LogP contribution < -0.4 is 10.0 Å². The van der Waals surface area contributed by atoms with Crippen LogP contribution in [0.25, 0.3) is 0 Å². The van der Waals surface area contributed by atoms with Crippen LogP contribution in [0.2, 0.25) is 0 Å². The van der Waals surface area contributed by atoms with Gasteiger partial charge in [-0.25, -0.2) is 18.1 Å². The third kappa shape index (κ3) is 4.39. The molecule has 0 radical (unpaired) electrons. The lowest BCUT2D eigenvalue weighted by molar-refractivity contribution is 0.175. The van der Waals surface area contributed by atoms with E-state index in [9.17, 15) is 8.42 Å². The maximum atomic E-state index is 12.3. The predicted octanol–water partition coefficient (Wildman–Crippen LogP) is 1.28. The Kier molecular flexibility index (Phi) is 5.55. The van der Waals surface area contributed by atoms with Crippen molar-refractivity contribution in [3.63, 3.8) is 0 Å². The van der Waals surface area contributed by atoms with E-state index in [0.717, 1.165) is 13.1 Å². The second-order valence-electron chi connectivity index (χ2n) is 5.42. The number of aromatic nitrogens is 1. The molecule has 1 aliphatic heterocycles. The van der Waals surface area contributed by atoms with Gasteiger partial charge in [0.2, 0.25) is 10.0 Å². The first-order valence-corrected chi connectivity index (χ1v) is 8.89. The van der Waals surface area contributed by atoms with Crippen molar-refractivity contribution in [1.82, 2.24) is 14.6 Å². The average Bonchev–Trinajstić information content (AvgIpc) is 2.53. The molecule has 0 aromatic carbocycles. The number of rotatable bonds is 6. The lowest BCUT2D eigenvalue weighted by Crippen LogP contribution is -2.44. The lowest BCUT2D eigenvalue weighted by atomic mass is 10.1. The van der Waals surface area contributed by atoms with Gasteiger partial charge in [-0.1, -0.05) is 6.42 Å². The van der Waals surface area contributed by atoms with Crippen LogP contribution >= 0.6 is 0 Å². The number of pyridine rings is 1. The van der Waals surface area contributed by atoms with E-state index < -0.39 is 10.0 Å². The molecule has 21 heavy (non-hydrogen) atoms. The summed E-state index contributed by atoms with van der Waals surface area (Å²) in [6, 6.07) is 3.26. The first-order chi connectivity index (χ1) is 10.0. The van der Waals surface area contributed by atoms with E-state index in [1.54, 1.807) is 7.05 Å². The van der Waals surface area contributed by atoms with Crippen LogP contribution in [-0.2, 0) is 10.0 Å². The number of piperidine rings is 1. The highest BCUT2D eigenvalue weighted by Crippen LogP contribution is 2.14. The quantitative estimate of drug-likeness (QED) is 0.827. The molecule has 0 bridgehead atoms. The van der Waals surface area contributed by atoms with Crippen molar-refractivity contribution < 1.29 is 8.42 Å². The Morgan fingerprint density at radius 2 is 2.05 bits per heavy atom. The number of hydrogen-bond donors (Lipinski definition) is 2. The van der Waals surface area contributed by atoms with Crippen molar-refractivity contribution in [2.24, 2.45) is 0 Å². The average molecular weight is 312 g/mol. The topological polar surface area (TPSA) is 74.3 Å². The van der Waals surface area contributed by atoms with Gasteiger partial charge < -0.3 is 5.32 Å². The Bertz CT molecular complexity index is 556. The molecule has 1 atom stereocenters. The number of nitrogens with zero attached hydrogens (tertiary/aromatic N) is 2. The van der Waals surface area contributed by atoms with Crippen molar-refractivity contribution in [2.75, 3.05) is 32.0 Å². The zero-order valence-corrected chi connectivity index (χ0v) is 13.5. The van der Waals surface area contributed by atoms with Crippen LogP contribution in [0.3, 0.4) is 0 Å². The minimum Gasteiger partial charge on any atom is -0.373 e. The van der Waals surface area contributed by atoms with Crippen LogP contribution in [0.1, 0.15) is 26.2 Å². The van der Waals surface area contributed by atoms with E-state index in [4.69, 9.17) is 0 Å². The predicted molar refractivity (Wildman–Crippen MR) is 83.9 cm³/mol. The van der Waals surface area contributed by atoms with E-state index >= 15 is 0 Å². The Labute approximate surface area is 127 Å². The maximum Gasteiger partial charge on any atom is 0.240 e. The molecule has 1 aromatic heterocycles. The fraction of sp³-hybridized carbons (Fsp3) is 0.643. The van der Waals surface area contributed by atoms with Crippen molar-refractivity contribution in [3.8, 4) is 0 Å². The Balaban J connectivity index is 1.96. The molecule has 1 aromatic rings. The van der Waals surface area contributed by atoms with Gasteiger partial charge >= 0.3 is 0 Å². The summed E-state index contributed by atoms with van der Waals surface area (Å²) in [5.41, 5.74) is 0. The minimum absolute atomic E-state index is 0.214. The highest BCUT2D eigenvalue weighted by Gasteiger charge is 2.20. The van der Waals surface area contributed by atoms with Gasteiger partial charge in [0.1, 0.15) is 5.82 Å². The number of sulfonamides is 1. The monoisotopic (exact) mass is 312 g/mol. The van der Waals surface area contributed by atoms with E-state index in [-0.39, 0.29) is 10.9 Å². The molecule has 0 saturated carbocycles. The second-order valence-corrected chi connectivity index (χ2v) is 7.19. The Morgan fingerprint density at radius 3 is 2.71 bits per heavy atom. The normalized spacial score (nSPS) is 18.4. The molecule has 6 nitrogen and oxygen atoms in total. The SMILES string of the molecule is CNc1cc(S(=O)(=O)NCC(C)N2CCCCC2)ccn1. The van der Waals surface area contributed by atoms with Crippen molar-refractivity contribution >= 4 is 15.8 Å². The molecule has 118 valence electrons. The third-order valence-corrected chi connectivity index (χ3v) is 5.30. The molecule has 7 heteroatoms. The van der Waals surface area contributed by atoms with E-state index in [2.05, 4.69) is 26.8 Å². The summed E-state index contributed by atoms with van der Waals surface area (Å²) in [6.45, 7) is 4.61. The summed E-state index contributed by atoms with van der Waals surface area (Å²) in [5.74, 6) is 0.543. The molecule has 2 heterocycles. The molecule has 1 saturated heterocycles. The summed E-state index contributed by atoms with van der Waals surface area (Å²) in [4.78, 5) is 6.62. The van der Waals surface area contributed by atoms with Crippen molar-refractivity contribution in [3.05, 3.63) is 18.3 Å². The van der Waals surface area contributed by atoms with Gasteiger partial charge in [-0.3, -0.25) is 4.90 Å². The van der Waals surface area contributed by atoms with Crippen molar-refractivity contribution in [1.29, 1.82) is 0 Å². The third-order valence-electron chi connectivity index (χ3n) is 3.88. The standard InChI is InChI=1S/C14H24N4O2S/c1-12(18-8-4-3-5-9-18)11-17-21(19,20)13-6-7-16-14(10-13)15-2/h6-7,10,12,17H,3-5,8-9,11H2,1-2H3,(H,15,16). The Hall–Kier alpha value is -1.18.